The topological polar surface area (TPSA) is 49.7 Å². The molecule has 3 nitrogen and oxygen atoms in total. The zero-order chi connectivity index (χ0) is 13.2. The maximum Gasteiger partial charge on any atom is 0.125 e. The molecule has 0 spiro atoms. The fourth-order valence-electron chi connectivity index (χ4n) is 2.52. The Kier molecular flexibility index (Phi) is 3.93. The highest BCUT2D eigenvalue weighted by Gasteiger charge is 2.32. The minimum atomic E-state index is -0.680. The van der Waals surface area contributed by atoms with Gasteiger partial charge in [0.2, 0.25) is 0 Å². The Morgan fingerprint density at radius 2 is 2.00 bits per heavy atom. The summed E-state index contributed by atoms with van der Waals surface area (Å²) in [5, 5.41) is 20.0. The van der Waals surface area contributed by atoms with Gasteiger partial charge in [-0.3, -0.25) is 0 Å². The largest absolute Gasteiger partial charge is 0.490 e. The SMILES string of the molecule is Cc1ccc(OCC2(O)CCCC2)c([C@H](C)O)c1. The van der Waals surface area contributed by atoms with E-state index in [0.29, 0.717) is 12.4 Å². The zero-order valence-electron chi connectivity index (χ0n) is 11.1. The van der Waals surface area contributed by atoms with Gasteiger partial charge < -0.3 is 14.9 Å². The first-order chi connectivity index (χ1) is 8.50. The second-order valence-electron chi connectivity index (χ2n) is 5.44. The Morgan fingerprint density at radius 3 is 2.61 bits per heavy atom. The summed E-state index contributed by atoms with van der Waals surface area (Å²) in [6, 6.07) is 5.76. The van der Waals surface area contributed by atoms with Gasteiger partial charge in [0.05, 0.1) is 11.7 Å². The number of ether oxygens (including phenoxy) is 1. The van der Waals surface area contributed by atoms with Gasteiger partial charge in [0.15, 0.2) is 0 Å². The van der Waals surface area contributed by atoms with Crippen molar-refractivity contribution in [3.63, 3.8) is 0 Å². The van der Waals surface area contributed by atoms with Crippen molar-refractivity contribution in [2.24, 2.45) is 0 Å². The zero-order valence-corrected chi connectivity index (χ0v) is 11.1. The van der Waals surface area contributed by atoms with Crippen LogP contribution in [-0.2, 0) is 0 Å². The molecular formula is C15H22O3. The molecular weight excluding hydrogens is 228 g/mol. The van der Waals surface area contributed by atoms with Gasteiger partial charge in [-0.15, -0.1) is 0 Å². The highest BCUT2D eigenvalue weighted by atomic mass is 16.5. The van der Waals surface area contributed by atoms with Gasteiger partial charge in [0, 0.05) is 5.56 Å². The molecule has 0 unspecified atom stereocenters. The lowest BCUT2D eigenvalue weighted by atomic mass is 10.0. The third kappa shape index (κ3) is 3.03. The van der Waals surface area contributed by atoms with E-state index in [0.717, 1.165) is 36.8 Å². The molecule has 0 heterocycles. The Morgan fingerprint density at radius 1 is 1.33 bits per heavy atom. The van der Waals surface area contributed by atoms with Crippen LogP contribution in [0.2, 0.25) is 0 Å². The molecule has 0 aliphatic heterocycles. The molecule has 100 valence electrons. The number of rotatable bonds is 4. The van der Waals surface area contributed by atoms with Crippen molar-refractivity contribution >= 4 is 0 Å². The molecule has 0 radical (unpaired) electrons. The normalized spacial score (nSPS) is 19.8. The summed E-state index contributed by atoms with van der Waals surface area (Å²) in [4.78, 5) is 0. The summed E-state index contributed by atoms with van der Waals surface area (Å²) in [7, 11) is 0. The van der Waals surface area contributed by atoms with Crippen molar-refractivity contribution in [1.29, 1.82) is 0 Å². The first-order valence-electron chi connectivity index (χ1n) is 6.64. The van der Waals surface area contributed by atoms with E-state index in [1.807, 2.05) is 25.1 Å². The van der Waals surface area contributed by atoms with Gasteiger partial charge in [-0.1, -0.05) is 24.5 Å². The molecule has 1 aromatic rings. The van der Waals surface area contributed by atoms with Crippen LogP contribution < -0.4 is 4.74 Å². The first kappa shape index (κ1) is 13.4. The smallest absolute Gasteiger partial charge is 0.125 e. The van der Waals surface area contributed by atoms with E-state index in [1.165, 1.54) is 0 Å². The van der Waals surface area contributed by atoms with E-state index in [4.69, 9.17) is 4.74 Å². The van der Waals surface area contributed by atoms with Gasteiger partial charge in [-0.2, -0.15) is 0 Å². The fourth-order valence-corrected chi connectivity index (χ4v) is 2.52. The number of benzene rings is 1. The summed E-state index contributed by atoms with van der Waals surface area (Å²) in [5.41, 5.74) is 1.20. The molecule has 2 rings (SSSR count). The van der Waals surface area contributed by atoms with Crippen LogP contribution in [0.3, 0.4) is 0 Å². The molecule has 1 atom stereocenters. The minimum absolute atomic E-state index is 0.315. The quantitative estimate of drug-likeness (QED) is 0.864. The van der Waals surface area contributed by atoms with Crippen molar-refractivity contribution in [1.82, 2.24) is 0 Å². The van der Waals surface area contributed by atoms with Crippen molar-refractivity contribution < 1.29 is 14.9 Å². The maximum atomic E-state index is 10.2. The van der Waals surface area contributed by atoms with Gasteiger partial charge in [-0.05, 0) is 38.8 Å². The number of hydrogen-bond donors (Lipinski definition) is 2. The second kappa shape index (κ2) is 5.29. The van der Waals surface area contributed by atoms with Crippen molar-refractivity contribution in [3.05, 3.63) is 29.3 Å². The molecule has 0 amide bonds. The van der Waals surface area contributed by atoms with Crippen LogP contribution >= 0.6 is 0 Å². The van der Waals surface area contributed by atoms with E-state index in [-0.39, 0.29) is 0 Å². The molecule has 3 heteroatoms. The van der Waals surface area contributed by atoms with Crippen LogP contribution in [0, 0.1) is 6.92 Å². The van der Waals surface area contributed by atoms with Gasteiger partial charge in [-0.25, -0.2) is 0 Å². The average molecular weight is 250 g/mol. The number of hydrogen-bond acceptors (Lipinski definition) is 3. The fraction of sp³-hybridized carbons (Fsp3) is 0.600. The first-order valence-corrected chi connectivity index (χ1v) is 6.64. The molecule has 0 aromatic heterocycles. The molecule has 1 aliphatic rings. The monoisotopic (exact) mass is 250 g/mol. The summed E-state index contributed by atoms with van der Waals surface area (Å²) in [5.74, 6) is 0.677. The number of aliphatic hydroxyl groups is 2. The van der Waals surface area contributed by atoms with E-state index in [1.54, 1.807) is 6.92 Å². The Labute approximate surface area is 108 Å². The van der Waals surface area contributed by atoms with Crippen LogP contribution in [0.15, 0.2) is 18.2 Å². The van der Waals surface area contributed by atoms with Crippen LogP contribution in [0.25, 0.3) is 0 Å². The molecule has 1 saturated carbocycles. The van der Waals surface area contributed by atoms with Crippen molar-refractivity contribution in [2.75, 3.05) is 6.61 Å². The highest BCUT2D eigenvalue weighted by Crippen LogP contribution is 2.32. The predicted octanol–water partition coefficient (Wildman–Crippen LogP) is 2.73. The second-order valence-corrected chi connectivity index (χ2v) is 5.44. The molecule has 2 N–H and O–H groups in total. The van der Waals surface area contributed by atoms with Crippen molar-refractivity contribution in [2.45, 2.75) is 51.2 Å². The van der Waals surface area contributed by atoms with E-state index < -0.39 is 11.7 Å². The summed E-state index contributed by atoms with van der Waals surface area (Å²) in [6.07, 6.45) is 3.19. The van der Waals surface area contributed by atoms with E-state index in [2.05, 4.69) is 0 Å². The lowest BCUT2D eigenvalue weighted by molar-refractivity contribution is 0.000470. The van der Waals surface area contributed by atoms with Crippen LogP contribution in [0.5, 0.6) is 5.75 Å². The summed E-state index contributed by atoms with van der Waals surface area (Å²) >= 11 is 0. The van der Waals surface area contributed by atoms with E-state index >= 15 is 0 Å². The molecule has 1 aliphatic carbocycles. The third-order valence-electron chi connectivity index (χ3n) is 3.65. The van der Waals surface area contributed by atoms with Gasteiger partial charge in [0.25, 0.3) is 0 Å². The maximum absolute atomic E-state index is 10.2. The molecule has 1 fully saturated rings. The van der Waals surface area contributed by atoms with Crippen molar-refractivity contribution in [3.8, 4) is 5.75 Å². The summed E-state index contributed by atoms with van der Waals surface area (Å²) < 4.78 is 5.73. The standard InChI is InChI=1S/C15H22O3/c1-11-5-6-14(13(9-11)12(2)16)18-10-15(17)7-3-4-8-15/h5-6,9,12,16-17H,3-4,7-8,10H2,1-2H3/t12-/m0/s1. The Hall–Kier alpha value is -1.06. The summed E-state index contributed by atoms with van der Waals surface area (Å²) in [6.45, 7) is 4.03. The third-order valence-corrected chi connectivity index (χ3v) is 3.65. The van der Waals surface area contributed by atoms with Gasteiger partial charge in [0.1, 0.15) is 12.4 Å². The average Bonchev–Trinajstić information content (AvgIpc) is 2.75. The molecule has 18 heavy (non-hydrogen) atoms. The lowest BCUT2D eigenvalue weighted by Crippen LogP contribution is -2.32. The van der Waals surface area contributed by atoms with Crippen LogP contribution in [-0.4, -0.2) is 22.4 Å². The minimum Gasteiger partial charge on any atom is -0.490 e. The Balaban J connectivity index is 2.09. The number of aliphatic hydroxyl groups excluding tert-OH is 1. The molecule has 0 bridgehead atoms. The predicted molar refractivity (Wildman–Crippen MR) is 70.7 cm³/mol. The highest BCUT2D eigenvalue weighted by molar-refractivity contribution is 5.38. The number of aryl methyl sites for hydroxylation is 1. The molecule has 1 aromatic carbocycles. The van der Waals surface area contributed by atoms with E-state index in [9.17, 15) is 10.2 Å². The van der Waals surface area contributed by atoms with Gasteiger partial charge >= 0.3 is 0 Å². The Bertz CT molecular complexity index is 406. The van der Waals surface area contributed by atoms with Crippen LogP contribution in [0.1, 0.15) is 49.8 Å². The van der Waals surface area contributed by atoms with Crippen LogP contribution in [0.4, 0.5) is 0 Å². The lowest BCUT2D eigenvalue weighted by Gasteiger charge is -2.23. The molecule has 0 saturated heterocycles.